The Hall–Kier alpha value is -1.37. The fourth-order valence-electron chi connectivity index (χ4n) is 2.92. The number of rotatable bonds is 5. The summed E-state index contributed by atoms with van der Waals surface area (Å²) < 4.78 is 0. The van der Waals surface area contributed by atoms with Crippen LogP contribution in [-0.4, -0.2) is 77.3 Å². The first-order valence-corrected chi connectivity index (χ1v) is 9.33. The van der Waals surface area contributed by atoms with E-state index in [2.05, 4.69) is 9.88 Å². The Morgan fingerprint density at radius 2 is 1.84 bits per heavy atom. The minimum atomic E-state index is -0.218. The Bertz CT molecular complexity index is 623. The number of hydrogen-bond donors (Lipinski definition) is 0. The summed E-state index contributed by atoms with van der Waals surface area (Å²) in [5.41, 5.74) is 0.182. The molecule has 1 aliphatic rings. The van der Waals surface area contributed by atoms with E-state index in [0.717, 1.165) is 13.0 Å². The molecule has 8 heteroatoms. The van der Waals surface area contributed by atoms with Crippen LogP contribution in [0.15, 0.2) is 12.1 Å². The fourth-order valence-corrected chi connectivity index (χ4v) is 3.25. The smallest absolute Gasteiger partial charge is 0.274 e. The zero-order valence-electron chi connectivity index (χ0n) is 14.7. The van der Waals surface area contributed by atoms with Gasteiger partial charge in [-0.25, -0.2) is 4.98 Å². The summed E-state index contributed by atoms with van der Waals surface area (Å²) in [4.78, 5) is 34.7. The zero-order valence-corrected chi connectivity index (χ0v) is 16.2. The molecule has 0 saturated carbocycles. The highest BCUT2D eigenvalue weighted by Crippen LogP contribution is 2.19. The molecule has 1 aliphatic heterocycles. The Kier molecular flexibility index (Phi) is 7.47. The van der Waals surface area contributed by atoms with E-state index in [1.807, 2.05) is 18.7 Å². The average molecular weight is 387 g/mol. The van der Waals surface area contributed by atoms with Crippen molar-refractivity contribution in [3.05, 3.63) is 28.0 Å². The van der Waals surface area contributed by atoms with Gasteiger partial charge in [0.2, 0.25) is 5.91 Å². The van der Waals surface area contributed by atoms with E-state index in [1.165, 1.54) is 0 Å². The molecule has 2 amide bonds. The van der Waals surface area contributed by atoms with Crippen LogP contribution in [0.2, 0.25) is 10.2 Å². The maximum atomic E-state index is 12.7. The van der Waals surface area contributed by atoms with Crippen LogP contribution in [0.1, 0.15) is 30.8 Å². The first kappa shape index (κ1) is 19.9. The molecule has 0 unspecified atom stereocenters. The molecule has 0 radical (unpaired) electrons. The second-order valence-corrected chi connectivity index (χ2v) is 6.75. The van der Waals surface area contributed by atoms with Crippen LogP contribution in [0.4, 0.5) is 0 Å². The Balaban J connectivity index is 1.98. The minimum Gasteiger partial charge on any atom is -0.342 e. The van der Waals surface area contributed by atoms with Crippen LogP contribution >= 0.6 is 23.2 Å². The highest BCUT2D eigenvalue weighted by molar-refractivity contribution is 6.34. The quantitative estimate of drug-likeness (QED) is 0.729. The molecule has 2 heterocycles. The lowest BCUT2D eigenvalue weighted by atomic mass is 10.3. The van der Waals surface area contributed by atoms with Crippen LogP contribution in [0.5, 0.6) is 0 Å². The third kappa shape index (κ3) is 5.30. The van der Waals surface area contributed by atoms with E-state index in [4.69, 9.17) is 23.2 Å². The summed E-state index contributed by atoms with van der Waals surface area (Å²) in [6.45, 7) is 8.36. The predicted molar refractivity (Wildman–Crippen MR) is 99.1 cm³/mol. The van der Waals surface area contributed by atoms with E-state index in [-0.39, 0.29) is 22.7 Å². The number of carbonyl (C=O) groups excluding carboxylic acids is 2. The SMILES string of the molecule is CCN(CC)C(=O)CN1CCCN(C(=O)c2nc(Cl)ccc2Cl)CC1. The fraction of sp³-hybridized carbons (Fsp3) is 0.588. The third-order valence-corrected chi connectivity index (χ3v) is 4.88. The van der Waals surface area contributed by atoms with Crippen molar-refractivity contribution in [3.8, 4) is 0 Å². The van der Waals surface area contributed by atoms with Gasteiger partial charge < -0.3 is 9.80 Å². The van der Waals surface area contributed by atoms with Crippen molar-refractivity contribution in [2.24, 2.45) is 0 Å². The van der Waals surface area contributed by atoms with Gasteiger partial charge in [0, 0.05) is 39.3 Å². The molecule has 0 spiro atoms. The summed E-state index contributed by atoms with van der Waals surface area (Å²) in [5.74, 6) is -0.0891. The summed E-state index contributed by atoms with van der Waals surface area (Å²) in [5, 5.41) is 0.543. The van der Waals surface area contributed by atoms with Crippen molar-refractivity contribution in [1.82, 2.24) is 19.7 Å². The van der Waals surface area contributed by atoms with Gasteiger partial charge in [-0.1, -0.05) is 23.2 Å². The number of hydrogen-bond acceptors (Lipinski definition) is 4. The number of pyridine rings is 1. The lowest BCUT2D eigenvalue weighted by Gasteiger charge is -2.25. The van der Waals surface area contributed by atoms with Crippen molar-refractivity contribution >= 4 is 35.0 Å². The van der Waals surface area contributed by atoms with Crippen molar-refractivity contribution < 1.29 is 9.59 Å². The van der Waals surface area contributed by atoms with Crippen molar-refractivity contribution in [2.45, 2.75) is 20.3 Å². The minimum absolute atomic E-state index is 0.129. The molecule has 0 bridgehead atoms. The number of aromatic nitrogens is 1. The van der Waals surface area contributed by atoms with Gasteiger partial charge in [0.1, 0.15) is 10.8 Å². The van der Waals surface area contributed by atoms with Crippen molar-refractivity contribution in [2.75, 3.05) is 45.8 Å². The van der Waals surface area contributed by atoms with E-state index >= 15 is 0 Å². The summed E-state index contributed by atoms with van der Waals surface area (Å²) >= 11 is 12.0. The molecule has 0 aromatic carbocycles. The molecule has 1 saturated heterocycles. The molecule has 1 aromatic rings. The monoisotopic (exact) mass is 386 g/mol. The number of likely N-dealkylation sites (N-methyl/N-ethyl adjacent to an activating group) is 1. The first-order chi connectivity index (χ1) is 12.0. The Labute approximate surface area is 158 Å². The van der Waals surface area contributed by atoms with E-state index < -0.39 is 0 Å². The molecule has 1 fully saturated rings. The number of nitrogens with zero attached hydrogens (tertiary/aromatic N) is 4. The topological polar surface area (TPSA) is 56.8 Å². The highest BCUT2D eigenvalue weighted by atomic mass is 35.5. The maximum absolute atomic E-state index is 12.7. The third-order valence-electron chi connectivity index (χ3n) is 4.37. The first-order valence-electron chi connectivity index (χ1n) is 8.57. The Morgan fingerprint density at radius 1 is 1.12 bits per heavy atom. The van der Waals surface area contributed by atoms with Gasteiger partial charge in [-0.15, -0.1) is 0 Å². The van der Waals surface area contributed by atoms with E-state index in [0.29, 0.717) is 44.3 Å². The standard InChI is InChI=1S/C17H24Cl2N4O2/c1-3-22(4-2)15(24)12-21-8-5-9-23(11-10-21)17(25)16-13(18)6-7-14(19)20-16/h6-7H,3-5,8-12H2,1-2H3. The predicted octanol–water partition coefficient (Wildman–Crippen LogP) is 2.40. The molecular formula is C17H24Cl2N4O2. The molecule has 1 aromatic heterocycles. The van der Waals surface area contributed by atoms with Gasteiger partial charge in [0.15, 0.2) is 0 Å². The molecule has 6 nitrogen and oxygen atoms in total. The normalized spacial score (nSPS) is 15.8. The highest BCUT2D eigenvalue weighted by Gasteiger charge is 2.24. The van der Waals surface area contributed by atoms with Crippen LogP contribution in [-0.2, 0) is 4.79 Å². The second-order valence-electron chi connectivity index (χ2n) is 5.95. The Morgan fingerprint density at radius 3 is 2.52 bits per heavy atom. The van der Waals surface area contributed by atoms with Gasteiger partial charge >= 0.3 is 0 Å². The largest absolute Gasteiger partial charge is 0.342 e. The van der Waals surface area contributed by atoms with Gasteiger partial charge in [-0.2, -0.15) is 0 Å². The van der Waals surface area contributed by atoms with Crippen LogP contribution < -0.4 is 0 Å². The molecule has 0 aliphatic carbocycles. The average Bonchev–Trinajstić information content (AvgIpc) is 2.83. The lowest BCUT2D eigenvalue weighted by molar-refractivity contribution is -0.132. The van der Waals surface area contributed by atoms with Crippen LogP contribution in [0.25, 0.3) is 0 Å². The maximum Gasteiger partial charge on any atom is 0.274 e. The van der Waals surface area contributed by atoms with E-state index in [1.54, 1.807) is 17.0 Å². The van der Waals surface area contributed by atoms with E-state index in [9.17, 15) is 9.59 Å². The zero-order chi connectivity index (χ0) is 18.4. The number of amides is 2. The van der Waals surface area contributed by atoms with Gasteiger partial charge in [-0.3, -0.25) is 14.5 Å². The molecule has 0 N–H and O–H groups in total. The summed E-state index contributed by atoms with van der Waals surface area (Å²) in [6.07, 6.45) is 0.801. The number of carbonyl (C=O) groups is 2. The van der Waals surface area contributed by atoms with Crippen molar-refractivity contribution in [3.63, 3.8) is 0 Å². The lowest BCUT2D eigenvalue weighted by Crippen LogP contribution is -2.42. The summed E-state index contributed by atoms with van der Waals surface area (Å²) in [6, 6.07) is 3.14. The molecule has 0 atom stereocenters. The van der Waals surface area contributed by atoms with Gasteiger partial charge in [-0.05, 0) is 32.4 Å². The van der Waals surface area contributed by atoms with Crippen molar-refractivity contribution in [1.29, 1.82) is 0 Å². The second kappa shape index (κ2) is 9.36. The van der Waals surface area contributed by atoms with Gasteiger partial charge in [0.25, 0.3) is 5.91 Å². The molecule has 2 rings (SSSR count). The molecule has 25 heavy (non-hydrogen) atoms. The summed E-state index contributed by atoms with van der Waals surface area (Å²) in [7, 11) is 0. The van der Waals surface area contributed by atoms with Crippen LogP contribution in [0.3, 0.4) is 0 Å². The number of halogens is 2. The van der Waals surface area contributed by atoms with Crippen LogP contribution in [0, 0.1) is 0 Å². The van der Waals surface area contributed by atoms with Gasteiger partial charge in [0.05, 0.1) is 11.6 Å². The molecular weight excluding hydrogens is 363 g/mol. The molecule has 138 valence electrons.